The van der Waals surface area contributed by atoms with E-state index in [9.17, 15) is 13.2 Å². The summed E-state index contributed by atoms with van der Waals surface area (Å²) in [6, 6.07) is -0.0940. The van der Waals surface area contributed by atoms with E-state index < -0.39 is 21.5 Å². The lowest BCUT2D eigenvalue weighted by atomic mass is 10.2. The van der Waals surface area contributed by atoms with E-state index in [4.69, 9.17) is 5.73 Å². The molecule has 0 radical (unpaired) electrons. The zero-order valence-corrected chi connectivity index (χ0v) is 9.43. The monoisotopic (exact) mass is 222 g/mol. The number of rotatable bonds is 6. The molecule has 0 aromatic rings. The smallest absolute Gasteiger partial charge is 0.235 e. The first-order valence-corrected chi connectivity index (χ1v) is 6.61. The van der Waals surface area contributed by atoms with E-state index >= 15 is 0 Å². The van der Waals surface area contributed by atoms with Crippen LogP contribution in [-0.4, -0.2) is 38.9 Å². The van der Waals surface area contributed by atoms with Gasteiger partial charge in [-0.1, -0.05) is 13.3 Å². The maximum absolute atomic E-state index is 11.0. The summed E-state index contributed by atoms with van der Waals surface area (Å²) >= 11 is 0. The molecule has 0 spiro atoms. The third-order valence-electron chi connectivity index (χ3n) is 1.61. The Kier molecular flexibility index (Phi) is 5.71. The SMILES string of the molecule is CCCC(N)CNC(=O)CS(C)(=O)=O. The maximum atomic E-state index is 11.0. The summed E-state index contributed by atoms with van der Waals surface area (Å²) in [7, 11) is -3.24. The van der Waals surface area contributed by atoms with Crippen LogP contribution >= 0.6 is 0 Å². The topological polar surface area (TPSA) is 89.3 Å². The third kappa shape index (κ3) is 8.00. The Morgan fingerprint density at radius 2 is 2.07 bits per heavy atom. The molecular formula is C8H18N2O3S. The molecule has 0 aromatic heterocycles. The van der Waals surface area contributed by atoms with Crippen LogP contribution in [0.4, 0.5) is 0 Å². The molecule has 0 saturated carbocycles. The molecule has 1 atom stereocenters. The van der Waals surface area contributed by atoms with Gasteiger partial charge in [0.2, 0.25) is 5.91 Å². The van der Waals surface area contributed by atoms with Crippen LogP contribution in [0.5, 0.6) is 0 Å². The molecule has 1 unspecified atom stereocenters. The number of sulfone groups is 1. The predicted octanol–water partition coefficient (Wildman–Crippen LogP) is -0.725. The van der Waals surface area contributed by atoms with E-state index in [1.54, 1.807) is 0 Å². The number of nitrogens with two attached hydrogens (primary N) is 1. The minimum atomic E-state index is -3.24. The van der Waals surface area contributed by atoms with E-state index in [-0.39, 0.29) is 6.04 Å². The molecule has 84 valence electrons. The fourth-order valence-corrected chi connectivity index (χ4v) is 1.59. The fourth-order valence-electron chi connectivity index (χ4n) is 1.01. The minimum Gasteiger partial charge on any atom is -0.354 e. The van der Waals surface area contributed by atoms with Gasteiger partial charge in [-0.05, 0) is 6.42 Å². The van der Waals surface area contributed by atoms with E-state index in [0.29, 0.717) is 6.54 Å². The Hall–Kier alpha value is -0.620. The van der Waals surface area contributed by atoms with Crippen molar-refractivity contribution in [3.63, 3.8) is 0 Å². The quantitative estimate of drug-likeness (QED) is 0.620. The molecule has 14 heavy (non-hydrogen) atoms. The van der Waals surface area contributed by atoms with Gasteiger partial charge < -0.3 is 11.1 Å². The molecule has 6 heteroatoms. The highest BCUT2D eigenvalue weighted by atomic mass is 32.2. The van der Waals surface area contributed by atoms with Gasteiger partial charge in [0.25, 0.3) is 0 Å². The standard InChI is InChI=1S/C8H18N2O3S/c1-3-4-7(9)5-10-8(11)6-14(2,12)13/h7H,3-6,9H2,1-2H3,(H,10,11). The molecule has 0 aliphatic carbocycles. The average Bonchev–Trinajstić information content (AvgIpc) is 1.98. The van der Waals surface area contributed by atoms with Gasteiger partial charge in [-0.15, -0.1) is 0 Å². The van der Waals surface area contributed by atoms with E-state index in [2.05, 4.69) is 5.32 Å². The number of nitrogens with one attached hydrogen (secondary N) is 1. The summed E-state index contributed by atoms with van der Waals surface area (Å²) in [5, 5.41) is 2.48. The van der Waals surface area contributed by atoms with Crippen molar-refractivity contribution in [1.82, 2.24) is 5.32 Å². The Balaban J connectivity index is 3.75. The zero-order valence-electron chi connectivity index (χ0n) is 8.62. The highest BCUT2D eigenvalue weighted by Gasteiger charge is 2.11. The van der Waals surface area contributed by atoms with Gasteiger partial charge in [0, 0.05) is 18.8 Å². The molecule has 0 aromatic carbocycles. The summed E-state index contributed by atoms with van der Waals surface area (Å²) in [5.74, 6) is -0.953. The molecule has 0 saturated heterocycles. The van der Waals surface area contributed by atoms with Gasteiger partial charge in [0.05, 0.1) is 0 Å². The van der Waals surface area contributed by atoms with E-state index in [0.717, 1.165) is 19.1 Å². The first-order valence-electron chi connectivity index (χ1n) is 4.55. The average molecular weight is 222 g/mol. The maximum Gasteiger partial charge on any atom is 0.235 e. The summed E-state index contributed by atoms with van der Waals surface area (Å²) in [5.41, 5.74) is 5.63. The van der Waals surface area contributed by atoms with Crippen molar-refractivity contribution in [3.8, 4) is 0 Å². The normalized spacial score (nSPS) is 13.6. The van der Waals surface area contributed by atoms with Crippen LogP contribution in [0.3, 0.4) is 0 Å². The first kappa shape index (κ1) is 13.4. The lowest BCUT2D eigenvalue weighted by molar-refractivity contribution is -0.118. The van der Waals surface area contributed by atoms with Gasteiger partial charge in [0.15, 0.2) is 9.84 Å². The molecule has 0 bridgehead atoms. The van der Waals surface area contributed by atoms with Crippen LogP contribution in [0.25, 0.3) is 0 Å². The van der Waals surface area contributed by atoms with Crippen molar-refractivity contribution in [1.29, 1.82) is 0 Å². The Morgan fingerprint density at radius 1 is 1.50 bits per heavy atom. The third-order valence-corrected chi connectivity index (χ3v) is 2.40. The second kappa shape index (κ2) is 5.98. The summed E-state index contributed by atoms with van der Waals surface area (Å²) in [6.07, 6.45) is 2.79. The molecule has 0 heterocycles. The molecule has 0 aliphatic heterocycles. The summed E-state index contributed by atoms with van der Waals surface area (Å²) < 4.78 is 21.4. The lowest BCUT2D eigenvalue weighted by Gasteiger charge is -2.10. The Morgan fingerprint density at radius 3 is 2.50 bits per heavy atom. The first-order chi connectivity index (χ1) is 6.35. The van der Waals surface area contributed by atoms with E-state index in [1.165, 1.54) is 0 Å². The van der Waals surface area contributed by atoms with Crippen molar-refractivity contribution in [2.24, 2.45) is 5.73 Å². The number of carbonyl (C=O) groups is 1. The Labute approximate surface area is 85.0 Å². The van der Waals surface area contributed by atoms with Crippen molar-refractivity contribution >= 4 is 15.7 Å². The number of carbonyl (C=O) groups excluding carboxylic acids is 1. The van der Waals surface area contributed by atoms with Gasteiger partial charge in [-0.25, -0.2) is 8.42 Å². The molecule has 3 N–H and O–H groups in total. The molecule has 5 nitrogen and oxygen atoms in total. The highest BCUT2D eigenvalue weighted by molar-refractivity contribution is 7.91. The lowest BCUT2D eigenvalue weighted by Crippen LogP contribution is -2.39. The zero-order chi connectivity index (χ0) is 11.2. The van der Waals surface area contributed by atoms with Crippen molar-refractivity contribution in [2.75, 3.05) is 18.6 Å². The molecular weight excluding hydrogens is 204 g/mol. The second-order valence-electron chi connectivity index (χ2n) is 3.42. The molecule has 0 fully saturated rings. The number of hydrogen-bond donors (Lipinski definition) is 2. The molecule has 0 aliphatic rings. The minimum absolute atomic E-state index is 0.0940. The summed E-state index contributed by atoms with van der Waals surface area (Å²) in [6.45, 7) is 2.33. The van der Waals surface area contributed by atoms with Crippen LogP contribution < -0.4 is 11.1 Å². The predicted molar refractivity (Wildman–Crippen MR) is 55.6 cm³/mol. The van der Waals surface area contributed by atoms with Crippen LogP contribution in [0.1, 0.15) is 19.8 Å². The van der Waals surface area contributed by atoms with E-state index in [1.807, 2.05) is 6.92 Å². The number of amides is 1. The second-order valence-corrected chi connectivity index (χ2v) is 5.56. The highest BCUT2D eigenvalue weighted by Crippen LogP contribution is 1.91. The van der Waals surface area contributed by atoms with Crippen LogP contribution in [0.15, 0.2) is 0 Å². The van der Waals surface area contributed by atoms with Gasteiger partial charge >= 0.3 is 0 Å². The van der Waals surface area contributed by atoms with Crippen molar-refractivity contribution < 1.29 is 13.2 Å². The van der Waals surface area contributed by atoms with Gasteiger partial charge in [-0.3, -0.25) is 4.79 Å². The van der Waals surface area contributed by atoms with Gasteiger partial charge in [-0.2, -0.15) is 0 Å². The van der Waals surface area contributed by atoms with Gasteiger partial charge in [0.1, 0.15) is 5.75 Å². The van der Waals surface area contributed by atoms with Crippen LogP contribution in [0.2, 0.25) is 0 Å². The largest absolute Gasteiger partial charge is 0.354 e. The Bertz CT molecular complexity index is 274. The fraction of sp³-hybridized carbons (Fsp3) is 0.875. The van der Waals surface area contributed by atoms with Crippen LogP contribution in [-0.2, 0) is 14.6 Å². The molecule has 1 amide bonds. The van der Waals surface area contributed by atoms with Crippen molar-refractivity contribution in [3.05, 3.63) is 0 Å². The number of hydrogen-bond acceptors (Lipinski definition) is 4. The van der Waals surface area contributed by atoms with Crippen molar-refractivity contribution in [2.45, 2.75) is 25.8 Å². The molecule has 0 rings (SSSR count). The van der Waals surface area contributed by atoms with Crippen LogP contribution in [0, 0.1) is 0 Å². The summed E-state index contributed by atoms with van der Waals surface area (Å²) in [4.78, 5) is 11.0.